The van der Waals surface area contributed by atoms with E-state index in [0.717, 1.165) is 0 Å². The van der Waals surface area contributed by atoms with Gasteiger partial charge in [0.2, 0.25) is 0 Å². The molecule has 27 heavy (non-hydrogen) atoms. The smallest absolute Gasteiger partial charge is 0.256 e. The van der Waals surface area contributed by atoms with Crippen LogP contribution in [-0.4, -0.2) is 11.8 Å². The molecule has 0 aromatic heterocycles. The Labute approximate surface area is 167 Å². The van der Waals surface area contributed by atoms with Gasteiger partial charge in [0.15, 0.2) is 0 Å². The summed E-state index contributed by atoms with van der Waals surface area (Å²) >= 11 is 11.9. The summed E-state index contributed by atoms with van der Waals surface area (Å²) < 4.78 is 0. The van der Waals surface area contributed by atoms with Crippen LogP contribution < -0.4 is 10.6 Å². The molecule has 0 aliphatic carbocycles. The molecule has 0 unspecified atom stereocenters. The summed E-state index contributed by atoms with van der Waals surface area (Å²) in [6, 6.07) is 19.0. The largest absolute Gasteiger partial charge is 0.322 e. The van der Waals surface area contributed by atoms with Crippen molar-refractivity contribution in [2.45, 2.75) is 6.92 Å². The molecule has 0 aliphatic rings. The Morgan fingerprint density at radius 2 is 1.52 bits per heavy atom. The predicted molar refractivity (Wildman–Crippen MR) is 110 cm³/mol. The van der Waals surface area contributed by atoms with Crippen molar-refractivity contribution in [2.24, 2.45) is 0 Å². The van der Waals surface area contributed by atoms with Gasteiger partial charge in [-0.25, -0.2) is 0 Å². The molecule has 136 valence electrons. The average molecular weight is 399 g/mol. The number of para-hydroxylation sites is 1. The Bertz CT molecular complexity index is 1000. The van der Waals surface area contributed by atoms with E-state index in [1.807, 2.05) is 30.3 Å². The highest BCUT2D eigenvalue weighted by Crippen LogP contribution is 2.24. The summed E-state index contributed by atoms with van der Waals surface area (Å²) in [6.07, 6.45) is 0. The first-order valence-corrected chi connectivity index (χ1v) is 8.93. The highest BCUT2D eigenvalue weighted by molar-refractivity contribution is 6.42. The fourth-order valence-corrected chi connectivity index (χ4v) is 2.87. The molecule has 3 aromatic carbocycles. The fourth-order valence-electron chi connectivity index (χ4n) is 2.57. The number of nitrogens with one attached hydrogen (secondary N) is 2. The van der Waals surface area contributed by atoms with Crippen molar-refractivity contribution in [1.29, 1.82) is 0 Å². The van der Waals surface area contributed by atoms with Crippen molar-refractivity contribution < 1.29 is 9.59 Å². The molecule has 0 fully saturated rings. The lowest BCUT2D eigenvalue weighted by atomic mass is 10.1. The highest BCUT2D eigenvalue weighted by Gasteiger charge is 2.15. The van der Waals surface area contributed by atoms with E-state index in [0.29, 0.717) is 38.1 Å². The number of rotatable bonds is 4. The molecule has 0 bridgehead atoms. The first kappa shape index (κ1) is 19.0. The molecular formula is C21H16Cl2N2O2. The summed E-state index contributed by atoms with van der Waals surface area (Å²) in [7, 11) is 0. The maximum Gasteiger partial charge on any atom is 0.256 e. The fraction of sp³-hybridized carbons (Fsp3) is 0.0476. The van der Waals surface area contributed by atoms with E-state index >= 15 is 0 Å². The van der Waals surface area contributed by atoms with E-state index in [9.17, 15) is 9.59 Å². The third kappa shape index (κ3) is 4.48. The standard InChI is InChI=1S/C21H16Cl2N2O2/c1-13-16(21(27)24-15-6-3-2-4-7-15)8-5-9-19(13)25-20(26)14-10-11-17(22)18(23)12-14/h2-12H,1H3,(H,24,27)(H,25,26). The van der Waals surface area contributed by atoms with Gasteiger partial charge < -0.3 is 10.6 Å². The van der Waals surface area contributed by atoms with Crippen LogP contribution in [0.5, 0.6) is 0 Å². The quantitative estimate of drug-likeness (QED) is 0.582. The maximum absolute atomic E-state index is 12.6. The van der Waals surface area contributed by atoms with Gasteiger partial charge in [0.05, 0.1) is 10.0 Å². The van der Waals surface area contributed by atoms with Crippen LogP contribution >= 0.6 is 23.2 Å². The minimum absolute atomic E-state index is 0.246. The Morgan fingerprint density at radius 1 is 0.778 bits per heavy atom. The molecule has 0 saturated carbocycles. The molecule has 3 rings (SSSR count). The first-order chi connectivity index (χ1) is 13.0. The molecule has 2 amide bonds. The van der Waals surface area contributed by atoms with Crippen LogP contribution in [0.1, 0.15) is 26.3 Å². The average Bonchev–Trinajstić information content (AvgIpc) is 2.66. The summed E-state index contributed by atoms with van der Waals surface area (Å²) in [6.45, 7) is 1.78. The molecule has 0 spiro atoms. The second-order valence-electron chi connectivity index (χ2n) is 5.88. The summed E-state index contributed by atoms with van der Waals surface area (Å²) in [5.41, 5.74) is 2.77. The molecule has 0 radical (unpaired) electrons. The van der Waals surface area contributed by atoms with Crippen LogP contribution in [0, 0.1) is 6.92 Å². The number of carbonyl (C=O) groups is 2. The zero-order chi connectivity index (χ0) is 19.4. The van der Waals surface area contributed by atoms with E-state index in [1.54, 1.807) is 37.3 Å². The Kier molecular flexibility index (Phi) is 5.79. The molecule has 2 N–H and O–H groups in total. The van der Waals surface area contributed by atoms with Crippen molar-refractivity contribution in [3.8, 4) is 0 Å². The number of hydrogen-bond acceptors (Lipinski definition) is 2. The number of benzene rings is 3. The van der Waals surface area contributed by atoms with Crippen molar-refractivity contribution in [2.75, 3.05) is 10.6 Å². The van der Waals surface area contributed by atoms with E-state index in [-0.39, 0.29) is 11.8 Å². The van der Waals surface area contributed by atoms with Gasteiger partial charge in [0, 0.05) is 22.5 Å². The molecule has 3 aromatic rings. The zero-order valence-electron chi connectivity index (χ0n) is 14.4. The van der Waals surface area contributed by atoms with Crippen LogP contribution in [0.4, 0.5) is 11.4 Å². The third-order valence-electron chi connectivity index (χ3n) is 4.04. The highest BCUT2D eigenvalue weighted by atomic mass is 35.5. The van der Waals surface area contributed by atoms with E-state index in [2.05, 4.69) is 10.6 Å². The van der Waals surface area contributed by atoms with Gasteiger partial charge in [0.25, 0.3) is 11.8 Å². The SMILES string of the molecule is Cc1c(NC(=O)c2ccc(Cl)c(Cl)c2)cccc1C(=O)Nc1ccccc1. The van der Waals surface area contributed by atoms with Crippen LogP contribution in [0.15, 0.2) is 66.7 Å². The minimum atomic E-state index is -0.336. The first-order valence-electron chi connectivity index (χ1n) is 8.18. The Morgan fingerprint density at radius 3 is 2.22 bits per heavy atom. The Balaban J connectivity index is 1.81. The van der Waals surface area contributed by atoms with E-state index in [1.165, 1.54) is 6.07 Å². The monoisotopic (exact) mass is 398 g/mol. The number of carbonyl (C=O) groups excluding carboxylic acids is 2. The molecule has 0 saturated heterocycles. The number of anilines is 2. The van der Waals surface area contributed by atoms with Crippen molar-refractivity contribution in [3.63, 3.8) is 0 Å². The lowest BCUT2D eigenvalue weighted by Gasteiger charge is -2.13. The van der Waals surface area contributed by atoms with Crippen LogP contribution in [0.2, 0.25) is 10.0 Å². The minimum Gasteiger partial charge on any atom is -0.322 e. The van der Waals surface area contributed by atoms with Gasteiger partial charge in [-0.15, -0.1) is 0 Å². The van der Waals surface area contributed by atoms with Crippen LogP contribution in [-0.2, 0) is 0 Å². The summed E-state index contributed by atoms with van der Waals surface area (Å²) in [5, 5.41) is 6.33. The van der Waals surface area contributed by atoms with E-state index in [4.69, 9.17) is 23.2 Å². The van der Waals surface area contributed by atoms with Crippen molar-refractivity contribution in [3.05, 3.63) is 93.5 Å². The number of amides is 2. The second-order valence-corrected chi connectivity index (χ2v) is 6.70. The van der Waals surface area contributed by atoms with Gasteiger partial charge >= 0.3 is 0 Å². The molecule has 0 aliphatic heterocycles. The maximum atomic E-state index is 12.6. The van der Waals surface area contributed by atoms with Gasteiger partial charge in [-0.1, -0.05) is 47.5 Å². The van der Waals surface area contributed by atoms with Gasteiger partial charge in [0.1, 0.15) is 0 Å². The molecular weight excluding hydrogens is 383 g/mol. The normalized spacial score (nSPS) is 10.3. The molecule has 6 heteroatoms. The number of hydrogen-bond donors (Lipinski definition) is 2. The lowest BCUT2D eigenvalue weighted by molar-refractivity contribution is 0.101. The summed E-state index contributed by atoms with van der Waals surface area (Å²) in [5.74, 6) is -0.582. The predicted octanol–water partition coefficient (Wildman–Crippen LogP) is 5.81. The summed E-state index contributed by atoms with van der Waals surface area (Å²) in [4.78, 5) is 25.1. The van der Waals surface area contributed by atoms with Gasteiger partial charge in [-0.2, -0.15) is 0 Å². The third-order valence-corrected chi connectivity index (χ3v) is 4.78. The van der Waals surface area contributed by atoms with Crippen LogP contribution in [0.25, 0.3) is 0 Å². The van der Waals surface area contributed by atoms with Gasteiger partial charge in [-0.05, 0) is 55.0 Å². The Hall–Kier alpha value is -2.82. The number of halogens is 2. The van der Waals surface area contributed by atoms with Gasteiger partial charge in [-0.3, -0.25) is 9.59 Å². The molecule has 4 nitrogen and oxygen atoms in total. The van der Waals surface area contributed by atoms with E-state index < -0.39 is 0 Å². The lowest BCUT2D eigenvalue weighted by Crippen LogP contribution is -2.17. The van der Waals surface area contributed by atoms with Crippen LogP contribution in [0.3, 0.4) is 0 Å². The topological polar surface area (TPSA) is 58.2 Å². The zero-order valence-corrected chi connectivity index (χ0v) is 15.9. The van der Waals surface area contributed by atoms with Crippen molar-refractivity contribution in [1.82, 2.24) is 0 Å². The molecule has 0 heterocycles. The van der Waals surface area contributed by atoms with Crippen molar-refractivity contribution >= 4 is 46.4 Å². The molecule has 0 atom stereocenters. The second kappa shape index (κ2) is 8.25.